The standard InChI is InChI=1S/C26H30ClN5O3/c27-20-9-3-6-15-12-21(31-22(15)20)26(35)32-14-17-5-1-2-8-19(17)23(32)25(34)30-18(13-28)11-16-7-4-10-29-24(16)33/h3,6,9,12,16-19,23,31H,1-2,4-5,7-8,10-11,14H2,(H,29,33)(H,30,34)/t16-,17-,18-,19-,23-/m0/s1. The van der Waals surface area contributed by atoms with Gasteiger partial charge in [0.1, 0.15) is 17.8 Å². The van der Waals surface area contributed by atoms with E-state index >= 15 is 0 Å². The first-order valence-electron chi connectivity index (χ1n) is 12.5. The quantitative estimate of drug-likeness (QED) is 0.589. The van der Waals surface area contributed by atoms with Gasteiger partial charge < -0.3 is 20.5 Å². The first-order chi connectivity index (χ1) is 17.0. The molecule has 1 aromatic heterocycles. The highest BCUT2D eigenvalue weighted by atomic mass is 35.5. The van der Waals surface area contributed by atoms with Crippen LogP contribution in [-0.4, -0.2) is 52.8 Å². The molecule has 1 aliphatic carbocycles. The molecule has 3 aliphatic rings. The van der Waals surface area contributed by atoms with Gasteiger partial charge in [0.25, 0.3) is 5.91 Å². The molecular formula is C26H30ClN5O3. The van der Waals surface area contributed by atoms with Crippen LogP contribution in [0.5, 0.6) is 0 Å². The predicted molar refractivity (Wildman–Crippen MR) is 131 cm³/mol. The monoisotopic (exact) mass is 495 g/mol. The molecule has 1 aromatic carbocycles. The van der Waals surface area contributed by atoms with Crippen molar-refractivity contribution < 1.29 is 14.4 Å². The summed E-state index contributed by atoms with van der Waals surface area (Å²) in [5.74, 6) is -0.544. The van der Waals surface area contributed by atoms with E-state index < -0.39 is 12.1 Å². The minimum absolute atomic E-state index is 0.0618. The number of nitrogens with zero attached hydrogens (tertiary/aromatic N) is 2. The Bertz CT molecular complexity index is 1190. The molecule has 8 nitrogen and oxygen atoms in total. The van der Waals surface area contributed by atoms with Gasteiger partial charge in [-0.05, 0) is 56.1 Å². The third-order valence-electron chi connectivity index (χ3n) is 7.90. The van der Waals surface area contributed by atoms with E-state index in [1.54, 1.807) is 17.0 Å². The Morgan fingerprint density at radius 2 is 2.06 bits per heavy atom. The Morgan fingerprint density at radius 1 is 1.23 bits per heavy atom. The average Bonchev–Trinajstić information content (AvgIpc) is 3.47. The van der Waals surface area contributed by atoms with Crippen molar-refractivity contribution in [3.8, 4) is 6.07 Å². The summed E-state index contributed by atoms with van der Waals surface area (Å²) in [5.41, 5.74) is 1.10. The summed E-state index contributed by atoms with van der Waals surface area (Å²) in [5, 5.41) is 16.8. The zero-order chi connectivity index (χ0) is 24.5. The first kappa shape index (κ1) is 23.7. The molecule has 3 fully saturated rings. The first-order valence-corrected chi connectivity index (χ1v) is 12.9. The summed E-state index contributed by atoms with van der Waals surface area (Å²) in [7, 11) is 0. The highest BCUT2D eigenvalue weighted by Gasteiger charge is 2.49. The van der Waals surface area contributed by atoms with Gasteiger partial charge in [-0.15, -0.1) is 0 Å². The van der Waals surface area contributed by atoms with Gasteiger partial charge in [0.05, 0.1) is 16.6 Å². The lowest BCUT2D eigenvalue weighted by Gasteiger charge is -2.30. The van der Waals surface area contributed by atoms with Crippen LogP contribution in [0.1, 0.15) is 55.4 Å². The molecule has 3 amide bonds. The second-order valence-electron chi connectivity index (χ2n) is 10.1. The summed E-state index contributed by atoms with van der Waals surface area (Å²) in [6.07, 6.45) is 5.85. The molecule has 9 heteroatoms. The number of nitriles is 1. The Hall–Kier alpha value is -3.05. The molecule has 1 saturated carbocycles. The molecule has 0 radical (unpaired) electrons. The Balaban J connectivity index is 1.37. The van der Waals surface area contributed by atoms with Crippen molar-refractivity contribution in [3.63, 3.8) is 0 Å². The van der Waals surface area contributed by atoms with Crippen molar-refractivity contribution in [2.45, 2.75) is 57.0 Å². The van der Waals surface area contributed by atoms with Crippen molar-refractivity contribution in [2.24, 2.45) is 17.8 Å². The number of piperidine rings is 1. The smallest absolute Gasteiger partial charge is 0.271 e. The number of amides is 3. The fraction of sp³-hybridized carbons (Fsp3) is 0.538. The minimum atomic E-state index is -0.775. The van der Waals surface area contributed by atoms with Crippen LogP contribution in [0.4, 0.5) is 0 Å². The highest BCUT2D eigenvalue weighted by molar-refractivity contribution is 6.35. The number of hydrogen-bond acceptors (Lipinski definition) is 4. The van der Waals surface area contributed by atoms with Crippen LogP contribution in [-0.2, 0) is 9.59 Å². The lowest BCUT2D eigenvalue weighted by molar-refractivity contribution is -0.129. The number of fused-ring (bicyclic) bond motifs is 2. The summed E-state index contributed by atoms with van der Waals surface area (Å²) in [6.45, 7) is 1.17. The lowest BCUT2D eigenvalue weighted by atomic mass is 9.78. The normalized spacial score (nSPS) is 27.1. The third kappa shape index (κ3) is 4.62. The van der Waals surface area contributed by atoms with Crippen molar-refractivity contribution in [3.05, 3.63) is 35.0 Å². The van der Waals surface area contributed by atoms with Crippen molar-refractivity contribution in [2.75, 3.05) is 13.1 Å². The maximum atomic E-state index is 13.7. The number of para-hydroxylation sites is 1. The summed E-state index contributed by atoms with van der Waals surface area (Å²) < 4.78 is 0. The Morgan fingerprint density at radius 3 is 2.83 bits per heavy atom. The van der Waals surface area contributed by atoms with Gasteiger partial charge >= 0.3 is 0 Å². The van der Waals surface area contributed by atoms with Crippen LogP contribution in [0.3, 0.4) is 0 Å². The number of nitrogens with one attached hydrogen (secondary N) is 3. The fourth-order valence-electron chi connectivity index (χ4n) is 6.16. The molecule has 0 unspecified atom stereocenters. The zero-order valence-electron chi connectivity index (χ0n) is 19.6. The maximum Gasteiger partial charge on any atom is 0.271 e. The number of hydrogen-bond donors (Lipinski definition) is 3. The largest absolute Gasteiger partial charge is 0.356 e. The van der Waals surface area contributed by atoms with Crippen LogP contribution >= 0.6 is 11.6 Å². The molecule has 0 spiro atoms. The number of likely N-dealkylation sites (tertiary alicyclic amines) is 1. The topological polar surface area (TPSA) is 118 Å². The number of halogens is 1. The van der Waals surface area contributed by atoms with Gasteiger partial charge in [-0.25, -0.2) is 0 Å². The van der Waals surface area contributed by atoms with E-state index in [0.717, 1.165) is 37.5 Å². The number of aromatic nitrogens is 1. The summed E-state index contributed by atoms with van der Waals surface area (Å²) in [6, 6.07) is 8.02. The number of carbonyl (C=O) groups is 3. The molecule has 2 aliphatic heterocycles. The van der Waals surface area contributed by atoms with Crippen LogP contribution in [0.25, 0.3) is 10.9 Å². The van der Waals surface area contributed by atoms with Crippen LogP contribution in [0.2, 0.25) is 5.02 Å². The SMILES string of the molecule is N#C[C@H](C[C@@H]1CCCNC1=O)NC(=O)[C@@H]1[C@H]2CCCC[C@H]2CN1C(=O)c1cc2cccc(Cl)c2[nH]1. The molecule has 5 atom stereocenters. The predicted octanol–water partition coefficient (Wildman–Crippen LogP) is 3.38. The van der Waals surface area contributed by atoms with Crippen molar-refractivity contribution in [1.29, 1.82) is 5.26 Å². The van der Waals surface area contributed by atoms with Gasteiger partial charge in [0.15, 0.2) is 0 Å². The second kappa shape index (κ2) is 9.90. The van der Waals surface area contributed by atoms with Crippen molar-refractivity contribution >= 4 is 40.2 Å². The van der Waals surface area contributed by atoms with Crippen LogP contribution < -0.4 is 10.6 Å². The average molecular weight is 496 g/mol. The van der Waals surface area contributed by atoms with Gasteiger partial charge in [-0.1, -0.05) is 36.6 Å². The van der Waals surface area contributed by atoms with Crippen LogP contribution in [0, 0.1) is 29.1 Å². The molecule has 3 N–H and O–H groups in total. The van der Waals surface area contributed by atoms with E-state index in [4.69, 9.17) is 11.6 Å². The summed E-state index contributed by atoms with van der Waals surface area (Å²) >= 11 is 6.30. The third-order valence-corrected chi connectivity index (χ3v) is 8.21. The van der Waals surface area contributed by atoms with Gasteiger partial charge in [0.2, 0.25) is 11.8 Å². The van der Waals surface area contributed by atoms with E-state index in [0.29, 0.717) is 35.7 Å². The maximum absolute atomic E-state index is 13.7. The second-order valence-corrected chi connectivity index (χ2v) is 10.5. The van der Waals surface area contributed by atoms with Gasteiger partial charge in [-0.2, -0.15) is 5.26 Å². The van der Waals surface area contributed by atoms with Crippen molar-refractivity contribution in [1.82, 2.24) is 20.5 Å². The number of rotatable bonds is 5. The van der Waals surface area contributed by atoms with E-state index in [1.807, 2.05) is 12.1 Å². The molecule has 5 rings (SSSR count). The van der Waals surface area contributed by atoms with Gasteiger partial charge in [0, 0.05) is 24.4 Å². The van der Waals surface area contributed by atoms with E-state index in [9.17, 15) is 19.6 Å². The molecule has 3 heterocycles. The number of aromatic amines is 1. The molecular weight excluding hydrogens is 466 g/mol. The molecule has 2 saturated heterocycles. The highest BCUT2D eigenvalue weighted by Crippen LogP contribution is 2.41. The minimum Gasteiger partial charge on any atom is -0.356 e. The van der Waals surface area contributed by atoms with Gasteiger partial charge in [-0.3, -0.25) is 14.4 Å². The summed E-state index contributed by atoms with van der Waals surface area (Å²) in [4.78, 5) is 44.2. The number of benzene rings is 1. The Kier molecular flexibility index (Phi) is 6.70. The number of carbonyl (C=O) groups excluding carboxylic acids is 3. The molecule has 0 bridgehead atoms. The van der Waals surface area contributed by atoms with E-state index in [1.165, 1.54) is 0 Å². The van der Waals surface area contributed by atoms with Crippen LogP contribution in [0.15, 0.2) is 24.3 Å². The molecule has 35 heavy (non-hydrogen) atoms. The number of H-pyrrole nitrogens is 1. The van der Waals surface area contributed by atoms with E-state index in [-0.39, 0.29) is 41.9 Å². The molecule has 2 aromatic rings. The lowest BCUT2D eigenvalue weighted by Crippen LogP contribution is -2.52. The molecule has 184 valence electrons. The van der Waals surface area contributed by atoms with E-state index in [2.05, 4.69) is 21.7 Å². The Labute approximate surface area is 209 Å². The fourth-order valence-corrected chi connectivity index (χ4v) is 6.39. The zero-order valence-corrected chi connectivity index (χ0v) is 20.3.